The minimum absolute atomic E-state index is 0.0578. The first kappa shape index (κ1) is 21.6. The fourth-order valence-electron chi connectivity index (χ4n) is 3.05. The lowest BCUT2D eigenvalue weighted by molar-refractivity contribution is -0.259. The predicted octanol–water partition coefficient (Wildman–Crippen LogP) is 3.81. The molecule has 7 nitrogen and oxygen atoms in total. The molecule has 0 aliphatic carbocycles. The zero-order chi connectivity index (χ0) is 20.4. The number of benzene rings is 1. The molecule has 1 aliphatic heterocycles. The molecule has 0 atom stereocenters. The summed E-state index contributed by atoms with van der Waals surface area (Å²) < 4.78 is 0. The molecule has 2 rings (SSSR count). The van der Waals surface area contributed by atoms with Crippen molar-refractivity contribution < 1.29 is 29.0 Å². The monoisotopic (exact) mass is 389 g/mol. The van der Waals surface area contributed by atoms with E-state index in [0.717, 1.165) is 24.2 Å². The smallest absolute Gasteiger partial charge is 0.274 e. The molecule has 0 saturated carbocycles. The van der Waals surface area contributed by atoms with Crippen LogP contribution in [0, 0.1) is 0 Å². The molecular weight excluding hydrogens is 362 g/mol. The van der Waals surface area contributed by atoms with Gasteiger partial charge in [0.2, 0.25) is 0 Å². The molecule has 152 valence electrons. The van der Waals surface area contributed by atoms with Crippen LogP contribution >= 0.6 is 0 Å². The van der Waals surface area contributed by atoms with Crippen LogP contribution in [0.5, 0.6) is 0 Å². The predicted molar refractivity (Wildman–Crippen MR) is 101 cm³/mol. The van der Waals surface area contributed by atoms with E-state index in [2.05, 4.69) is 16.7 Å². The Morgan fingerprint density at radius 1 is 0.786 bits per heavy atom. The molecule has 0 radical (unpaired) electrons. The van der Waals surface area contributed by atoms with Gasteiger partial charge in [0.15, 0.2) is 0 Å². The molecule has 2 amide bonds. The number of fused-ring (bicyclic) bond motifs is 1. The van der Waals surface area contributed by atoms with E-state index in [1.54, 1.807) is 24.3 Å². The summed E-state index contributed by atoms with van der Waals surface area (Å²) in [6.45, 7) is 2.25. The Hall–Kier alpha value is -2.70. The standard InChI is InChI=1S/C21H27NO6/c1-2-3-4-5-6-7-13-18(23)27-28-19(24)14-10-15-22-20(25)16-11-8-9-12-17(16)21(22)26/h8-9,11-12H,2-7,10,13-15H2,1H3. The lowest BCUT2D eigenvalue weighted by Crippen LogP contribution is -2.31. The number of hydrogen-bond donors (Lipinski definition) is 0. The van der Waals surface area contributed by atoms with Crippen molar-refractivity contribution in [3.63, 3.8) is 0 Å². The van der Waals surface area contributed by atoms with Crippen LogP contribution in [0.2, 0.25) is 0 Å². The topological polar surface area (TPSA) is 90.0 Å². The maximum atomic E-state index is 12.2. The van der Waals surface area contributed by atoms with Crippen molar-refractivity contribution in [3.05, 3.63) is 35.4 Å². The molecule has 1 heterocycles. The van der Waals surface area contributed by atoms with E-state index in [1.807, 2.05) is 0 Å². The van der Waals surface area contributed by atoms with Crippen molar-refractivity contribution in [2.75, 3.05) is 6.54 Å². The summed E-state index contributed by atoms with van der Waals surface area (Å²) in [4.78, 5) is 57.7. The van der Waals surface area contributed by atoms with Crippen LogP contribution in [-0.4, -0.2) is 35.2 Å². The Bertz CT molecular complexity index is 680. The number of rotatable bonds is 11. The summed E-state index contributed by atoms with van der Waals surface area (Å²) in [6, 6.07) is 6.61. The van der Waals surface area contributed by atoms with Crippen molar-refractivity contribution >= 4 is 23.8 Å². The molecule has 0 fully saturated rings. The van der Waals surface area contributed by atoms with Gasteiger partial charge in [-0.05, 0) is 25.0 Å². The number of nitrogens with zero attached hydrogens (tertiary/aromatic N) is 1. The Labute approximate surface area is 164 Å². The number of imide groups is 1. The van der Waals surface area contributed by atoms with E-state index in [1.165, 1.54) is 12.8 Å². The normalized spacial score (nSPS) is 12.8. The van der Waals surface area contributed by atoms with Crippen molar-refractivity contribution in [1.82, 2.24) is 4.90 Å². The first-order chi connectivity index (χ1) is 13.5. The van der Waals surface area contributed by atoms with E-state index >= 15 is 0 Å². The third-order valence-electron chi connectivity index (χ3n) is 4.60. The largest absolute Gasteiger partial charge is 0.355 e. The Morgan fingerprint density at radius 3 is 1.86 bits per heavy atom. The SMILES string of the molecule is CCCCCCCCC(=O)OOC(=O)CCCN1C(=O)c2ccccc2C1=O. The Kier molecular flexibility index (Phi) is 8.65. The van der Waals surface area contributed by atoms with Gasteiger partial charge < -0.3 is 0 Å². The number of unbranched alkanes of at least 4 members (excludes halogenated alkanes) is 5. The minimum Gasteiger partial charge on any atom is -0.274 e. The fourth-order valence-corrected chi connectivity index (χ4v) is 3.05. The molecule has 0 spiro atoms. The molecular formula is C21H27NO6. The van der Waals surface area contributed by atoms with Gasteiger partial charge in [-0.15, -0.1) is 0 Å². The highest BCUT2D eigenvalue weighted by Gasteiger charge is 2.34. The van der Waals surface area contributed by atoms with Crippen LogP contribution < -0.4 is 0 Å². The average Bonchev–Trinajstić information content (AvgIpc) is 2.94. The quantitative estimate of drug-likeness (QED) is 0.247. The van der Waals surface area contributed by atoms with Crippen LogP contribution in [0.3, 0.4) is 0 Å². The van der Waals surface area contributed by atoms with E-state index in [0.29, 0.717) is 17.5 Å². The van der Waals surface area contributed by atoms with Crippen LogP contribution in [0.1, 0.15) is 85.4 Å². The van der Waals surface area contributed by atoms with Crippen LogP contribution in [0.4, 0.5) is 0 Å². The molecule has 0 N–H and O–H groups in total. The van der Waals surface area contributed by atoms with Gasteiger partial charge >= 0.3 is 11.9 Å². The summed E-state index contributed by atoms with van der Waals surface area (Å²) in [7, 11) is 0. The summed E-state index contributed by atoms with van der Waals surface area (Å²) in [6.07, 6.45) is 6.66. The molecule has 0 saturated heterocycles. The van der Waals surface area contributed by atoms with Gasteiger partial charge in [-0.3, -0.25) is 14.5 Å². The number of amides is 2. The van der Waals surface area contributed by atoms with Crippen LogP contribution in [0.25, 0.3) is 0 Å². The first-order valence-corrected chi connectivity index (χ1v) is 9.90. The highest BCUT2D eigenvalue weighted by Crippen LogP contribution is 2.22. The van der Waals surface area contributed by atoms with E-state index in [-0.39, 0.29) is 37.6 Å². The summed E-state index contributed by atoms with van der Waals surface area (Å²) >= 11 is 0. The summed E-state index contributed by atoms with van der Waals surface area (Å²) in [5, 5.41) is 0. The lowest BCUT2D eigenvalue weighted by atomic mass is 10.1. The summed E-state index contributed by atoms with van der Waals surface area (Å²) in [5.41, 5.74) is 0.748. The molecule has 28 heavy (non-hydrogen) atoms. The molecule has 1 aromatic carbocycles. The van der Waals surface area contributed by atoms with E-state index in [9.17, 15) is 19.2 Å². The second kappa shape index (κ2) is 11.2. The first-order valence-electron chi connectivity index (χ1n) is 9.90. The maximum Gasteiger partial charge on any atom is 0.355 e. The third kappa shape index (κ3) is 6.18. The molecule has 7 heteroatoms. The van der Waals surface area contributed by atoms with E-state index < -0.39 is 11.9 Å². The van der Waals surface area contributed by atoms with Gasteiger partial charge in [-0.25, -0.2) is 19.4 Å². The van der Waals surface area contributed by atoms with Gasteiger partial charge in [-0.1, -0.05) is 51.2 Å². The van der Waals surface area contributed by atoms with Crippen molar-refractivity contribution in [3.8, 4) is 0 Å². The molecule has 0 aromatic heterocycles. The van der Waals surface area contributed by atoms with Crippen molar-refractivity contribution in [1.29, 1.82) is 0 Å². The molecule has 0 bridgehead atoms. The number of hydrogen-bond acceptors (Lipinski definition) is 6. The molecule has 1 aliphatic rings. The zero-order valence-electron chi connectivity index (χ0n) is 16.3. The second-order valence-electron chi connectivity index (χ2n) is 6.84. The van der Waals surface area contributed by atoms with Gasteiger partial charge in [0.25, 0.3) is 11.8 Å². The van der Waals surface area contributed by atoms with Crippen LogP contribution in [0.15, 0.2) is 24.3 Å². The minimum atomic E-state index is -0.701. The van der Waals surface area contributed by atoms with Gasteiger partial charge in [0, 0.05) is 6.54 Å². The van der Waals surface area contributed by atoms with Gasteiger partial charge in [-0.2, -0.15) is 0 Å². The van der Waals surface area contributed by atoms with Crippen molar-refractivity contribution in [2.45, 2.75) is 64.7 Å². The Morgan fingerprint density at radius 2 is 1.29 bits per heavy atom. The van der Waals surface area contributed by atoms with Crippen LogP contribution in [-0.2, 0) is 19.4 Å². The Balaban J connectivity index is 1.59. The highest BCUT2D eigenvalue weighted by molar-refractivity contribution is 6.21. The third-order valence-corrected chi connectivity index (χ3v) is 4.60. The number of carbonyl (C=O) groups excluding carboxylic acids is 4. The van der Waals surface area contributed by atoms with Gasteiger partial charge in [0.05, 0.1) is 24.0 Å². The highest BCUT2D eigenvalue weighted by atomic mass is 17.2. The summed E-state index contributed by atoms with van der Waals surface area (Å²) in [5.74, 6) is -1.99. The molecule has 1 aromatic rings. The maximum absolute atomic E-state index is 12.2. The van der Waals surface area contributed by atoms with Gasteiger partial charge in [0.1, 0.15) is 0 Å². The lowest BCUT2D eigenvalue weighted by Gasteiger charge is -2.12. The molecule has 0 unspecified atom stereocenters. The van der Waals surface area contributed by atoms with Crippen molar-refractivity contribution in [2.24, 2.45) is 0 Å². The fraction of sp³-hybridized carbons (Fsp3) is 0.524. The number of carbonyl (C=O) groups is 4. The average molecular weight is 389 g/mol. The zero-order valence-corrected chi connectivity index (χ0v) is 16.3. The second-order valence-corrected chi connectivity index (χ2v) is 6.84. The van der Waals surface area contributed by atoms with E-state index in [4.69, 9.17) is 0 Å².